The quantitative estimate of drug-likeness (QED) is 0.810. The second-order valence-electron chi connectivity index (χ2n) is 6.08. The van der Waals surface area contributed by atoms with Gasteiger partial charge >= 0.3 is 0 Å². The van der Waals surface area contributed by atoms with E-state index in [1.807, 2.05) is 0 Å². The van der Waals surface area contributed by atoms with Crippen LogP contribution in [-0.4, -0.2) is 36.1 Å². The van der Waals surface area contributed by atoms with Crippen LogP contribution in [-0.2, 0) is 0 Å². The van der Waals surface area contributed by atoms with Crippen molar-refractivity contribution in [1.29, 1.82) is 0 Å². The van der Waals surface area contributed by atoms with Crippen LogP contribution in [0.1, 0.15) is 59.3 Å². The van der Waals surface area contributed by atoms with Crippen LogP contribution < -0.4 is 5.32 Å². The van der Waals surface area contributed by atoms with Crippen LogP contribution in [0, 0.1) is 5.92 Å². The Kier molecular flexibility index (Phi) is 4.87. The van der Waals surface area contributed by atoms with Crippen LogP contribution in [0.4, 0.5) is 0 Å². The molecule has 0 bridgehead atoms. The van der Waals surface area contributed by atoms with Crippen molar-refractivity contribution in [3.63, 3.8) is 0 Å². The van der Waals surface area contributed by atoms with Gasteiger partial charge in [0.05, 0.1) is 0 Å². The minimum atomic E-state index is 0.626. The Morgan fingerprint density at radius 1 is 1.12 bits per heavy atom. The third-order valence-electron chi connectivity index (χ3n) is 5.06. The van der Waals surface area contributed by atoms with Gasteiger partial charge < -0.3 is 5.32 Å². The number of hydrogen-bond acceptors (Lipinski definition) is 2. The maximum absolute atomic E-state index is 3.60. The van der Waals surface area contributed by atoms with Crippen LogP contribution in [0.25, 0.3) is 0 Å². The first-order valence-corrected chi connectivity index (χ1v) is 7.73. The maximum atomic E-state index is 3.60. The molecule has 2 heteroatoms. The molecule has 1 N–H and O–H groups in total. The number of nitrogens with one attached hydrogen (secondary N) is 1. The summed E-state index contributed by atoms with van der Waals surface area (Å²) in [5, 5.41) is 3.60. The summed E-state index contributed by atoms with van der Waals surface area (Å²) in [5.41, 5.74) is 0. The van der Waals surface area contributed by atoms with Crippen molar-refractivity contribution in [2.75, 3.05) is 13.1 Å². The van der Waals surface area contributed by atoms with Gasteiger partial charge in [-0.3, -0.25) is 4.90 Å². The summed E-state index contributed by atoms with van der Waals surface area (Å²) in [6.07, 6.45) is 8.79. The van der Waals surface area contributed by atoms with Gasteiger partial charge in [-0.1, -0.05) is 19.8 Å². The number of fused-ring (bicyclic) bond motifs is 1. The summed E-state index contributed by atoms with van der Waals surface area (Å²) >= 11 is 0. The van der Waals surface area contributed by atoms with Crippen LogP contribution in [0.5, 0.6) is 0 Å². The number of likely N-dealkylation sites (N-methyl/N-ethyl adjacent to an activating group) is 1. The number of piperidine rings is 1. The zero-order valence-corrected chi connectivity index (χ0v) is 11.9. The molecule has 0 amide bonds. The standard InChI is InChI=1S/C15H30N2/c1-4-16-12(2)13(3)17-11-7-9-14-8-5-6-10-15(14)17/h12-16H,4-11H2,1-3H3. The lowest BCUT2D eigenvalue weighted by molar-refractivity contribution is 0.0210. The molecule has 17 heavy (non-hydrogen) atoms. The fourth-order valence-electron chi connectivity index (χ4n) is 3.95. The van der Waals surface area contributed by atoms with Crippen LogP contribution in [0.15, 0.2) is 0 Å². The van der Waals surface area contributed by atoms with Gasteiger partial charge in [-0.25, -0.2) is 0 Å². The molecule has 0 aromatic carbocycles. The molecule has 0 aromatic rings. The highest BCUT2D eigenvalue weighted by molar-refractivity contribution is 4.91. The Balaban J connectivity index is 1.97. The van der Waals surface area contributed by atoms with Gasteiger partial charge in [-0.15, -0.1) is 0 Å². The lowest BCUT2D eigenvalue weighted by Gasteiger charge is -2.48. The van der Waals surface area contributed by atoms with E-state index in [4.69, 9.17) is 0 Å². The Morgan fingerprint density at radius 2 is 1.82 bits per heavy atom. The largest absolute Gasteiger partial charge is 0.313 e. The Labute approximate surface area is 107 Å². The van der Waals surface area contributed by atoms with Crippen LogP contribution >= 0.6 is 0 Å². The smallest absolute Gasteiger partial charge is 0.0221 e. The lowest BCUT2D eigenvalue weighted by atomic mass is 9.77. The van der Waals surface area contributed by atoms with E-state index in [1.165, 1.54) is 45.1 Å². The topological polar surface area (TPSA) is 15.3 Å². The van der Waals surface area contributed by atoms with Crippen molar-refractivity contribution < 1.29 is 0 Å². The highest BCUT2D eigenvalue weighted by Gasteiger charge is 2.36. The molecule has 2 fully saturated rings. The van der Waals surface area contributed by atoms with Gasteiger partial charge in [0.2, 0.25) is 0 Å². The molecular formula is C15H30N2. The molecule has 0 aromatic heterocycles. The first-order valence-electron chi connectivity index (χ1n) is 7.73. The van der Waals surface area contributed by atoms with Crippen molar-refractivity contribution in [3.05, 3.63) is 0 Å². The zero-order valence-electron chi connectivity index (χ0n) is 11.9. The number of nitrogens with zero attached hydrogens (tertiary/aromatic N) is 1. The Bertz CT molecular complexity index is 227. The van der Waals surface area contributed by atoms with Crippen LogP contribution in [0.3, 0.4) is 0 Å². The van der Waals surface area contributed by atoms with Crippen molar-refractivity contribution in [3.8, 4) is 0 Å². The van der Waals surface area contributed by atoms with Crippen molar-refractivity contribution in [1.82, 2.24) is 10.2 Å². The SMILES string of the molecule is CCNC(C)C(C)N1CCCC2CCCCC21. The average Bonchev–Trinajstić information content (AvgIpc) is 2.37. The fraction of sp³-hybridized carbons (Fsp3) is 1.00. The molecule has 2 aliphatic rings. The molecule has 4 atom stereocenters. The molecule has 0 spiro atoms. The third kappa shape index (κ3) is 3.03. The van der Waals surface area contributed by atoms with Gasteiger partial charge in [-0.05, 0) is 58.5 Å². The minimum Gasteiger partial charge on any atom is -0.313 e. The van der Waals surface area contributed by atoms with E-state index in [0.717, 1.165) is 18.5 Å². The number of rotatable bonds is 4. The molecular weight excluding hydrogens is 208 g/mol. The first kappa shape index (κ1) is 13.4. The molecule has 1 aliphatic carbocycles. The summed E-state index contributed by atoms with van der Waals surface area (Å²) in [6, 6.07) is 2.22. The molecule has 2 nitrogen and oxygen atoms in total. The maximum Gasteiger partial charge on any atom is 0.0221 e. The van der Waals surface area contributed by atoms with Crippen molar-refractivity contribution in [2.24, 2.45) is 5.92 Å². The highest BCUT2D eigenvalue weighted by atomic mass is 15.2. The molecule has 2 rings (SSSR count). The minimum absolute atomic E-state index is 0.626. The number of likely N-dealkylation sites (tertiary alicyclic amines) is 1. The Morgan fingerprint density at radius 3 is 2.59 bits per heavy atom. The second kappa shape index (κ2) is 6.19. The summed E-state index contributed by atoms with van der Waals surface area (Å²) in [6.45, 7) is 9.40. The molecule has 100 valence electrons. The third-order valence-corrected chi connectivity index (χ3v) is 5.06. The van der Waals surface area contributed by atoms with E-state index >= 15 is 0 Å². The van der Waals surface area contributed by atoms with E-state index in [2.05, 4.69) is 31.0 Å². The molecule has 1 saturated carbocycles. The van der Waals surface area contributed by atoms with E-state index in [1.54, 1.807) is 0 Å². The second-order valence-corrected chi connectivity index (χ2v) is 6.08. The summed E-state index contributed by atoms with van der Waals surface area (Å²) in [7, 11) is 0. The summed E-state index contributed by atoms with van der Waals surface area (Å²) in [4.78, 5) is 2.82. The van der Waals surface area contributed by atoms with Gasteiger partial charge in [0.25, 0.3) is 0 Å². The molecule has 4 unspecified atom stereocenters. The Hall–Kier alpha value is -0.0800. The molecule has 1 aliphatic heterocycles. The highest BCUT2D eigenvalue weighted by Crippen LogP contribution is 2.36. The summed E-state index contributed by atoms with van der Waals surface area (Å²) < 4.78 is 0. The zero-order chi connectivity index (χ0) is 12.3. The molecule has 1 heterocycles. The van der Waals surface area contributed by atoms with E-state index in [-0.39, 0.29) is 0 Å². The predicted molar refractivity (Wildman–Crippen MR) is 74.3 cm³/mol. The van der Waals surface area contributed by atoms with E-state index in [9.17, 15) is 0 Å². The van der Waals surface area contributed by atoms with Crippen LogP contribution in [0.2, 0.25) is 0 Å². The normalized spacial score (nSPS) is 34.1. The predicted octanol–water partition coefficient (Wildman–Crippen LogP) is 3.03. The fourth-order valence-corrected chi connectivity index (χ4v) is 3.95. The molecule has 1 saturated heterocycles. The van der Waals surface area contributed by atoms with Crippen molar-refractivity contribution in [2.45, 2.75) is 77.4 Å². The van der Waals surface area contributed by atoms with Gasteiger partial charge in [0.15, 0.2) is 0 Å². The van der Waals surface area contributed by atoms with Crippen molar-refractivity contribution >= 4 is 0 Å². The van der Waals surface area contributed by atoms with Gasteiger partial charge in [0.1, 0.15) is 0 Å². The molecule has 0 radical (unpaired) electrons. The van der Waals surface area contributed by atoms with E-state index in [0.29, 0.717) is 12.1 Å². The number of hydrogen-bond donors (Lipinski definition) is 1. The van der Waals surface area contributed by atoms with Gasteiger partial charge in [0, 0.05) is 18.1 Å². The van der Waals surface area contributed by atoms with E-state index < -0.39 is 0 Å². The van der Waals surface area contributed by atoms with Gasteiger partial charge in [-0.2, -0.15) is 0 Å². The summed E-state index contributed by atoms with van der Waals surface area (Å²) in [5.74, 6) is 1.01. The first-order chi connectivity index (χ1) is 8.24. The average molecular weight is 238 g/mol. The monoisotopic (exact) mass is 238 g/mol. The lowest BCUT2D eigenvalue weighted by Crippen LogP contribution is -2.56.